The Bertz CT molecular complexity index is 3360. The molecule has 4 nitrogen and oxygen atoms in total. The van der Waals surface area contributed by atoms with Gasteiger partial charge in [-0.05, 0) is 84.9 Å². The summed E-state index contributed by atoms with van der Waals surface area (Å²) >= 11 is 3.52. The van der Waals surface area contributed by atoms with Crippen LogP contribution in [0.25, 0.3) is 95.3 Å². The Morgan fingerprint density at radius 1 is 0.400 bits per heavy atom. The van der Waals surface area contributed by atoms with Crippen molar-refractivity contribution in [1.82, 2.24) is 9.13 Å². The van der Waals surface area contributed by atoms with Gasteiger partial charge >= 0.3 is 0 Å². The first-order valence-corrected chi connectivity index (χ1v) is 18.0. The van der Waals surface area contributed by atoms with E-state index in [-0.39, 0.29) is 0 Å². The predicted octanol–water partition coefficient (Wildman–Crippen LogP) is 12.4. The smallest absolute Gasteiger partial charge is 0.101 e. The number of thiophene rings is 2. The zero-order chi connectivity index (χ0) is 33.1. The lowest BCUT2D eigenvalue weighted by molar-refractivity contribution is 1.18. The number of nitrogens with zero attached hydrogens (tertiary/aromatic N) is 4. The molecular formula is C44H22N4S2. The third-order valence-corrected chi connectivity index (χ3v) is 12.5. The highest BCUT2D eigenvalue weighted by atomic mass is 32.1. The van der Waals surface area contributed by atoms with Crippen molar-refractivity contribution in [2.24, 2.45) is 0 Å². The molecule has 0 N–H and O–H groups in total. The summed E-state index contributed by atoms with van der Waals surface area (Å²) in [5.41, 5.74) is 8.14. The average Bonchev–Trinajstić information content (AvgIpc) is 3.90. The van der Waals surface area contributed by atoms with E-state index in [0.29, 0.717) is 5.56 Å². The van der Waals surface area contributed by atoms with Gasteiger partial charge in [0.15, 0.2) is 0 Å². The van der Waals surface area contributed by atoms with E-state index in [4.69, 9.17) is 0 Å². The van der Waals surface area contributed by atoms with Crippen LogP contribution in [0.4, 0.5) is 0 Å². The molecule has 6 heteroatoms. The maximum atomic E-state index is 9.81. The standard InChI is InChI=1S/C44H22N4S2/c45-23-25-12-15-39-32(18-25)29-7-1-3-10-37(29)47(39)27-13-16-41-34(19-27)35-20-28(14-17-42(35)49-41)48-38-11-4-2-8-30(38)33-21-36-31-9-5-6-26(24-46)44(31)50-43(36)22-40(33)48/h1-22H. The molecule has 230 valence electrons. The van der Waals surface area contributed by atoms with Crippen molar-refractivity contribution < 1.29 is 0 Å². The van der Waals surface area contributed by atoms with E-state index in [1.165, 1.54) is 46.5 Å². The maximum absolute atomic E-state index is 9.81. The topological polar surface area (TPSA) is 57.4 Å². The summed E-state index contributed by atoms with van der Waals surface area (Å²) in [6, 6.07) is 52.0. The average molecular weight is 671 g/mol. The highest BCUT2D eigenvalue weighted by Gasteiger charge is 2.18. The van der Waals surface area contributed by atoms with Gasteiger partial charge in [-0.3, -0.25) is 0 Å². The van der Waals surface area contributed by atoms with Gasteiger partial charge in [0.1, 0.15) is 6.07 Å². The lowest BCUT2D eigenvalue weighted by Gasteiger charge is -2.10. The first-order chi connectivity index (χ1) is 24.7. The number of fused-ring (bicyclic) bond motifs is 12. The summed E-state index contributed by atoms with van der Waals surface area (Å²) in [6.07, 6.45) is 0. The fraction of sp³-hybridized carbons (Fsp3) is 0. The zero-order valence-electron chi connectivity index (χ0n) is 26.3. The van der Waals surface area contributed by atoms with Crippen molar-refractivity contribution in [1.29, 1.82) is 10.5 Å². The summed E-state index contributed by atoms with van der Waals surface area (Å²) in [5.74, 6) is 0. The molecule has 4 aromatic heterocycles. The molecule has 0 unspecified atom stereocenters. The minimum Gasteiger partial charge on any atom is -0.309 e. The number of hydrogen-bond acceptors (Lipinski definition) is 4. The third kappa shape index (κ3) is 3.67. The lowest BCUT2D eigenvalue weighted by atomic mass is 10.1. The monoisotopic (exact) mass is 670 g/mol. The Hall–Kier alpha value is -6.44. The number of hydrogen-bond donors (Lipinski definition) is 0. The number of nitriles is 2. The molecule has 0 spiro atoms. The molecule has 0 saturated heterocycles. The molecule has 11 rings (SSSR count). The Morgan fingerprint density at radius 2 is 1.00 bits per heavy atom. The van der Waals surface area contributed by atoms with Gasteiger partial charge in [-0.25, -0.2) is 0 Å². The van der Waals surface area contributed by atoms with E-state index in [1.54, 1.807) is 11.3 Å². The molecule has 0 amide bonds. The minimum absolute atomic E-state index is 0.664. The quantitative estimate of drug-likeness (QED) is 0.184. The van der Waals surface area contributed by atoms with Crippen LogP contribution in [-0.4, -0.2) is 9.13 Å². The molecule has 0 saturated carbocycles. The Labute approximate surface area is 293 Å². The van der Waals surface area contributed by atoms with Crippen molar-refractivity contribution in [2.45, 2.75) is 0 Å². The molecule has 0 aliphatic heterocycles. The largest absolute Gasteiger partial charge is 0.309 e. The summed E-state index contributed by atoms with van der Waals surface area (Å²) < 4.78 is 9.43. The number of benzene rings is 7. The van der Waals surface area contributed by atoms with Crippen molar-refractivity contribution in [3.8, 4) is 23.5 Å². The maximum Gasteiger partial charge on any atom is 0.101 e. The van der Waals surface area contributed by atoms with Gasteiger partial charge in [0, 0.05) is 68.6 Å². The van der Waals surface area contributed by atoms with Crippen LogP contribution < -0.4 is 0 Å². The van der Waals surface area contributed by atoms with Crippen LogP contribution in [0.1, 0.15) is 11.1 Å². The van der Waals surface area contributed by atoms with Crippen LogP contribution in [0.2, 0.25) is 0 Å². The Kier molecular flexibility index (Phi) is 5.52. The normalized spacial score (nSPS) is 12.0. The molecule has 0 atom stereocenters. The first-order valence-electron chi connectivity index (χ1n) is 16.4. The third-order valence-electron chi connectivity index (χ3n) is 10.2. The molecule has 0 aliphatic rings. The summed E-state index contributed by atoms with van der Waals surface area (Å²) in [4.78, 5) is 0. The van der Waals surface area contributed by atoms with E-state index in [1.807, 2.05) is 35.6 Å². The van der Waals surface area contributed by atoms with Crippen molar-refractivity contribution in [2.75, 3.05) is 0 Å². The second kappa shape index (κ2) is 10.0. The second-order valence-electron chi connectivity index (χ2n) is 12.8. The molecule has 11 aromatic rings. The Balaban J connectivity index is 1.16. The molecule has 0 fully saturated rings. The van der Waals surface area contributed by atoms with Gasteiger partial charge in [-0.15, -0.1) is 22.7 Å². The SMILES string of the molecule is N#Cc1ccc2c(c1)c1ccccc1n2-c1ccc2sc3ccc(-n4c5ccccc5c5cc6c(cc54)sc4c(C#N)cccc46)cc3c2c1. The van der Waals surface area contributed by atoms with Crippen LogP contribution >= 0.6 is 22.7 Å². The molecule has 4 heterocycles. The molecular weight excluding hydrogens is 649 g/mol. The molecule has 0 aliphatic carbocycles. The molecule has 0 radical (unpaired) electrons. The zero-order valence-corrected chi connectivity index (χ0v) is 27.9. The number of aromatic nitrogens is 2. The van der Waals surface area contributed by atoms with Gasteiger partial charge < -0.3 is 9.13 Å². The number of para-hydroxylation sites is 2. The van der Waals surface area contributed by atoms with E-state index in [9.17, 15) is 10.5 Å². The number of rotatable bonds is 2. The highest BCUT2D eigenvalue weighted by molar-refractivity contribution is 7.26. The van der Waals surface area contributed by atoms with Gasteiger partial charge in [0.2, 0.25) is 0 Å². The van der Waals surface area contributed by atoms with E-state index in [0.717, 1.165) is 54.3 Å². The van der Waals surface area contributed by atoms with E-state index in [2.05, 4.69) is 130 Å². The fourth-order valence-corrected chi connectivity index (χ4v) is 10.2. The van der Waals surface area contributed by atoms with Crippen LogP contribution in [0.15, 0.2) is 133 Å². The first kappa shape index (κ1) is 27.5. The lowest BCUT2D eigenvalue weighted by Crippen LogP contribution is -1.94. The minimum atomic E-state index is 0.664. The van der Waals surface area contributed by atoms with Gasteiger partial charge in [0.25, 0.3) is 0 Å². The summed E-state index contributed by atoms with van der Waals surface area (Å²) in [7, 11) is 0. The van der Waals surface area contributed by atoms with Crippen molar-refractivity contribution in [3.63, 3.8) is 0 Å². The predicted molar refractivity (Wildman–Crippen MR) is 210 cm³/mol. The fourth-order valence-electron chi connectivity index (χ4n) is 7.98. The second-order valence-corrected chi connectivity index (χ2v) is 14.9. The van der Waals surface area contributed by atoms with Crippen molar-refractivity contribution >= 4 is 107 Å². The van der Waals surface area contributed by atoms with Gasteiger partial charge in [-0.2, -0.15) is 10.5 Å². The van der Waals surface area contributed by atoms with Crippen LogP contribution in [0.5, 0.6) is 0 Å². The van der Waals surface area contributed by atoms with E-state index >= 15 is 0 Å². The van der Waals surface area contributed by atoms with Crippen LogP contribution in [0, 0.1) is 22.7 Å². The molecule has 7 aromatic carbocycles. The van der Waals surface area contributed by atoms with E-state index < -0.39 is 0 Å². The van der Waals surface area contributed by atoms with Gasteiger partial charge in [0.05, 0.1) is 44.0 Å². The van der Waals surface area contributed by atoms with Gasteiger partial charge in [-0.1, -0.05) is 48.5 Å². The van der Waals surface area contributed by atoms with Crippen LogP contribution in [0.3, 0.4) is 0 Å². The molecule has 0 bridgehead atoms. The molecule has 50 heavy (non-hydrogen) atoms. The summed E-state index contributed by atoms with van der Waals surface area (Å²) in [5, 5.41) is 28.9. The van der Waals surface area contributed by atoms with Crippen molar-refractivity contribution in [3.05, 3.63) is 145 Å². The van der Waals surface area contributed by atoms with Crippen LogP contribution in [-0.2, 0) is 0 Å². The highest BCUT2D eigenvalue weighted by Crippen LogP contribution is 2.43. The summed E-state index contributed by atoms with van der Waals surface area (Å²) in [6.45, 7) is 0. The Morgan fingerprint density at radius 3 is 1.68 bits per heavy atom.